The number of methoxy groups -OCH3 is 2. The van der Waals surface area contributed by atoms with Gasteiger partial charge < -0.3 is 14.2 Å². The van der Waals surface area contributed by atoms with Crippen LogP contribution in [0.25, 0.3) is 0 Å². The van der Waals surface area contributed by atoms with Crippen LogP contribution in [0, 0.1) is 0 Å². The van der Waals surface area contributed by atoms with Gasteiger partial charge in [-0.3, -0.25) is 4.79 Å². The molecule has 1 aromatic rings. The Morgan fingerprint density at radius 3 is 2.19 bits per heavy atom. The average molecular weight is 315 g/mol. The molecule has 1 rings (SSSR count). The van der Waals surface area contributed by atoms with Gasteiger partial charge in [0.25, 0.3) is 5.78 Å². The van der Waals surface area contributed by atoms with Gasteiger partial charge in [-0.15, -0.1) is 0 Å². The Hall–Kier alpha value is -1.75. The molecule has 0 amide bonds. The van der Waals surface area contributed by atoms with Crippen molar-refractivity contribution in [3.8, 4) is 11.5 Å². The zero-order valence-electron chi connectivity index (χ0n) is 12.8. The maximum absolute atomic E-state index is 12.3. The summed E-state index contributed by atoms with van der Waals surface area (Å²) in [4.78, 5) is 23.9. The molecule has 0 fully saturated rings. The van der Waals surface area contributed by atoms with Crippen molar-refractivity contribution in [3.05, 3.63) is 22.2 Å². The van der Waals surface area contributed by atoms with Gasteiger partial charge in [-0.2, -0.15) is 0 Å². The Balaban J connectivity index is 3.55. The second-order valence-electron chi connectivity index (χ2n) is 4.59. The molecular formula is C15H19ClO5. The summed E-state index contributed by atoms with van der Waals surface area (Å²) in [6.45, 7) is 5.53. The quantitative estimate of drug-likeness (QED) is 0.458. The zero-order chi connectivity index (χ0) is 16.2. The topological polar surface area (TPSA) is 61.8 Å². The maximum atomic E-state index is 12.3. The first-order chi connectivity index (χ1) is 9.88. The van der Waals surface area contributed by atoms with E-state index in [4.69, 9.17) is 25.8 Å². The fourth-order valence-electron chi connectivity index (χ4n) is 2.08. The van der Waals surface area contributed by atoms with Crippen LogP contribution in [0.5, 0.6) is 11.5 Å². The van der Waals surface area contributed by atoms with E-state index in [1.54, 1.807) is 6.92 Å². The molecular weight excluding hydrogens is 296 g/mol. The summed E-state index contributed by atoms with van der Waals surface area (Å²) >= 11 is 6.11. The van der Waals surface area contributed by atoms with Gasteiger partial charge in [0.05, 0.1) is 25.8 Å². The van der Waals surface area contributed by atoms with E-state index in [2.05, 4.69) is 0 Å². The van der Waals surface area contributed by atoms with Gasteiger partial charge >= 0.3 is 5.97 Å². The lowest BCUT2D eigenvalue weighted by atomic mass is 9.93. The summed E-state index contributed by atoms with van der Waals surface area (Å²) < 4.78 is 15.3. The van der Waals surface area contributed by atoms with E-state index in [-0.39, 0.29) is 23.1 Å². The van der Waals surface area contributed by atoms with Crippen molar-refractivity contribution in [2.45, 2.75) is 26.7 Å². The van der Waals surface area contributed by atoms with Gasteiger partial charge in [-0.1, -0.05) is 25.4 Å². The summed E-state index contributed by atoms with van der Waals surface area (Å²) in [6, 6.07) is 1.41. The van der Waals surface area contributed by atoms with E-state index >= 15 is 0 Å². The summed E-state index contributed by atoms with van der Waals surface area (Å²) in [5.41, 5.74) is 0.739. The van der Waals surface area contributed by atoms with Crippen LogP contribution in [0.1, 0.15) is 42.6 Å². The van der Waals surface area contributed by atoms with Gasteiger partial charge in [0.2, 0.25) is 0 Å². The van der Waals surface area contributed by atoms with E-state index in [1.807, 2.05) is 13.8 Å². The molecule has 6 heteroatoms. The lowest BCUT2D eigenvalue weighted by Gasteiger charge is -2.19. The standard InChI is InChI=1S/C15H19ClO5/c1-6-21-15(18)12(17)9-7-10(16)13(19-4)14(20-5)11(9)8(2)3/h7-8H,6H2,1-5H3. The van der Waals surface area contributed by atoms with Crippen LogP contribution in [-0.2, 0) is 9.53 Å². The first-order valence-electron chi connectivity index (χ1n) is 6.54. The molecule has 0 spiro atoms. The minimum Gasteiger partial charge on any atom is -0.492 e. The third-order valence-electron chi connectivity index (χ3n) is 2.92. The first kappa shape index (κ1) is 17.3. The van der Waals surface area contributed by atoms with E-state index in [9.17, 15) is 9.59 Å². The van der Waals surface area contributed by atoms with Crippen LogP contribution in [0.3, 0.4) is 0 Å². The summed E-state index contributed by atoms with van der Waals surface area (Å²) in [6.07, 6.45) is 0. The number of hydrogen-bond donors (Lipinski definition) is 0. The Morgan fingerprint density at radius 2 is 1.76 bits per heavy atom. The van der Waals surface area contributed by atoms with Crippen molar-refractivity contribution in [1.29, 1.82) is 0 Å². The van der Waals surface area contributed by atoms with Crippen molar-refractivity contribution in [1.82, 2.24) is 0 Å². The molecule has 0 aliphatic heterocycles. The molecule has 0 radical (unpaired) electrons. The Labute approximate surface area is 129 Å². The Morgan fingerprint density at radius 1 is 1.19 bits per heavy atom. The van der Waals surface area contributed by atoms with Crippen molar-refractivity contribution >= 4 is 23.4 Å². The summed E-state index contributed by atoms with van der Waals surface area (Å²) in [5.74, 6) is -1.04. The van der Waals surface area contributed by atoms with Crippen LogP contribution < -0.4 is 9.47 Å². The van der Waals surface area contributed by atoms with E-state index in [0.717, 1.165) is 0 Å². The summed E-state index contributed by atoms with van der Waals surface area (Å²) in [7, 11) is 2.92. The molecule has 0 unspecified atom stereocenters. The van der Waals surface area contributed by atoms with Crippen LogP contribution in [0.2, 0.25) is 5.02 Å². The number of esters is 1. The largest absolute Gasteiger partial charge is 0.492 e. The fraction of sp³-hybridized carbons (Fsp3) is 0.467. The van der Waals surface area contributed by atoms with E-state index < -0.39 is 11.8 Å². The van der Waals surface area contributed by atoms with Gasteiger partial charge in [0.15, 0.2) is 11.5 Å². The van der Waals surface area contributed by atoms with Crippen LogP contribution in [0.4, 0.5) is 0 Å². The predicted octanol–water partition coefficient (Wildman–Crippen LogP) is 3.23. The second-order valence-corrected chi connectivity index (χ2v) is 5.00. The second kappa shape index (κ2) is 7.31. The maximum Gasteiger partial charge on any atom is 0.379 e. The number of Topliss-reactive ketones (excluding diaryl/α,β-unsaturated/α-hetero) is 1. The molecule has 0 N–H and O–H groups in total. The van der Waals surface area contributed by atoms with Gasteiger partial charge in [0.1, 0.15) is 0 Å². The zero-order valence-corrected chi connectivity index (χ0v) is 13.5. The number of ether oxygens (including phenoxy) is 3. The number of hydrogen-bond acceptors (Lipinski definition) is 5. The molecule has 0 saturated carbocycles. The molecule has 0 aliphatic carbocycles. The molecule has 0 aromatic heterocycles. The minimum atomic E-state index is -0.914. The van der Waals surface area contributed by atoms with Crippen LogP contribution in [0.15, 0.2) is 6.07 Å². The van der Waals surface area contributed by atoms with Crippen LogP contribution in [-0.4, -0.2) is 32.6 Å². The van der Waals surface area contributed by atoms with Crippen molar-refractivity contribution in [3.63, 3.8) is 0 Å². The van der Waals surface area contributed by atoms with Crippen molar-refractivity contribution in [2.75, 3.05) is 20.8 Å². The highest BCUT2D eigenvalue weighted by molar-refractivity contribution is 6.42. The molecule has 0 heterocycles. The lowest BCUT2D eigenvalue weighted by molar-refractivity contribution is -0.137. The first-order valence-corrected chi connectivity index (χ1v) is 6.92. The van der Waals surface area contributed by atoms with Crippen LogP contribution >= 0.6 is 11.6 Å². The molecule has 0 bridgehead atoms. The number of carbonyl (C=O) groups excluding carboxylic acids is 2. The monoisotopic (exact) mass is 314 g/mol. The Kier molecular flexibility index (Phi) is 6.03. The Bertz CT molecular complexity index is 551. The highest BCUT2D eigenvalue weighted by Gasteiger charge is 2.28. The van der Waals surface area contributed by atoms with E-state index in [1.165, 1.54) is 20.3 Å². The molecule has 1 aromatic carbocycles. The summed E-state index contributed by atoms with van der Waals surface area (Å²) in [5, 5.41) is 0.200. The fourth-order valence-corrected chi connectivity index (χ4v) is 2.36. The third-order valence-corrected chi connectivity index (χ3v) is 3.20. The van der Waals surface area contributed by atoms with Crippen molar-refractivity contribution < 1.29 is 23.8 Å². The predicted molar refractivity (Wildman–Crippen MR) is 79.6 cm³/mol. The molecule has 116 valence electrons. The van der Waals surface area contributed by atoms with Gasteiger partial charge in [-0.05, 0) is 18.9 Å². The highest BCUT2D eigenvalue weighted by Crippen LogP contribution is 2.43. The molecule has 0 saturated heterocycles. The average Bonchev–Trinajstić information content (AvgIpc) is 2.44. The number of carbonyl (C=O) groups is 2. The van der Waals surface area contributed by atoms with Gasteiger partial charge in [-0.25, -0.2) is 4.79 Å². The lowest BCUT2D eigenvalue weighted by Crippen LogP contribution is -2.20. The molecule has 21 heavy (non-hydrogen) atoms. The minimum absolute atomic E-state index is 0.0699. The van der Waals surface area contributed by atoms with E-state index in [0.29, 0.717) is 17.1 Å². The van der Waals surface area contributed by atoms with Crippen molar-refractivity contribution in [2.24, 2.45) is 0 Å². The smallest absolute Gasteiger partial charge is 0.379 e. The van der Waals surface area contributed by atoms with Gasteiger partial charge in [0, 0.05) is 11.1 Å². The number of ketones is 1. The molecule has 0 aliphatic rings. The SMILES string of the molecule is CCOC(=O)C(=O)c1cc(Cl)c(OC)c(OC)c1C(C)C. The third kappa shape index (κ3) is 3.47. The molecule has 0 atom stereocenters. The number of benzene rings is 1. The number of rotatable bonds is 6. The normalized spacial score (nSPS) is 10.4. The number of halogens is 1. The highest BCUT2D eigenvalue weighted by atomic mass is 35.5. The molecule has 5 nitrogen and oxygen atoms in total.